The molecule has 3 atom stereocenters. The number of amides is 3. The van der Waals surface area contributed by atoms with Gasteiger partial charge < -0.3 is 25.4 Å². The van der Waals surface area contributed by atoms with Crippen LogP contribution in [0.15, 0.2) is 42.5 Å². The number of alkyl carbamates (subject to hydrolysis) is 1. The molecule has 0 radical (unpaired) electrons. The summed E-state index contributed by atoms with van der Waals surface area (Å²) in [5.41, 5.74) is 2.12. The summed E-state index contributed by atoms with van der Waals surface area (Å²) >= 11 is 0. The normalized spacial score (nSPS) is 14.0. The maximum absolute atomic E-state index is 14.8. The smallest absolute Gasteiger partial charge is 0.408 e. The van der Waals surface area contributed by atoms with Gasteiger partial charge in [0.25, 0.3) is 0 Å². The van der Waals surface area contributed by atoms with Crippen LogP contribution in [-0.2, 0) is 20.7 Å². The third kappa shape index (κ3) is 11.9. The molecule has 0 bridgehead atoms. The number of ether oxygens (including phenoxy) is 1. The Bertz CT molecular complexity index is 1220. The van der Waals surface area contributed by atoms with E-state index in [9.17, 15) is 19.5 Å². The van der Waals surface area contributed by atoms with Crippen molar-refractivity contribution in [2.75, 3.05) is 0 Å². The first-order valence-corrected chi connectivity index (χ1v) is 15.3. The van der Waals surface area contributed by atoms with E-state index in [2.05, 4.69) is 24.5 Å². The standard InChI is InChI=1S/C35H53N3O5/c1-22(2)12-13-25(5)38(30(31(40)37-34(6,7)8)27-19-23(3)18-24(4)20-27)32(41)29(36-33(42)43-35(9,10)11)21-26-14-16-28(39)17-15-26/h14-20,22,25,29-30,39H,12-13,21H2,1-11H3,(H,36,42)(H,37,40). The average molecular weight is 596 g/mol. The Morgan fingerprint density at radius 1 is 0.884 bits per heavy atom. The first-order chi connectivity index (χ1) is 19.8. The number of nitrogens with zero attached hydrogens (tertiary/aromatic N) is 1. The van der Waals surface area contributed by atoms with Crippen LogP contribution in [0.4, 0.5) is 4.79 Å². The molecule has 0 saturated heterocycles. The van der Waals surface area contributed by atoms with Crippen LogP contribution < -0.4 is 10.6 Å². The molecule has 2 rings (SSSR count). The Morgan fingerprint density at radius 3 is 1.93 bits per heavy atom. The van der Waals surface area contributed by atoms with Gasteiger partial charge >= 0.3 is 6.09 Å². The Balaban J connectivity index is 2.72. The maximum atomic E-state index is 14.8. The van der Waals surface area contributed by atoms with Crippen molar-refractivity contribution in [2.45, 2.75) is 125 Å². The first-order valence-electron chi connectivity index (χ1n) is 15.3. The minimum atomic E-state index is -1.03. The van der Waals surface area contributed by atoms with Gasteiger partial charge in [-0.1, -0.05) is 55.3 Å². The van der Waals surface area contributed by atoms with Gasteiger partial charge in [0.05, 0.1) is 0 Å². The molecule has 8 nitrogen and oxygen atoms in total. The van der Waals surface area contributed by atoms with Crippen LogP contribution in [0.25, 0.3) is 0 Å². The molecule has 0 heterocycles. The largest absolute Gasteiger partial charge is 0.508 e. The van der Waals surface area contributed by atoms with Crippen molar-refractivity contribution in [1.82, 2.24) is 15.5 Å². The Hall–Kier alpha value is -3.55. The summed E-state index contributed by atoms with van der Waals surface area (Å²) in [4.78, 5) is 43.6. The van der Waals surface area contributed by atoms with E-state index in [1.54, 1.807) is 49.9 Å². The highest BCUT2D eigenvalue weighted by molar-refractivity contribution is 5.92. The van der Waals surface area contributed by atoms with E-state index in [4.69, 9.17) is 4.74 Å². The van der Waals surface area contributed by atoms with E-state index in [1.165, 1.54) is 0 Å². The predicted octanol–water partition coefficient (Wildman–Crippen LogP) is 6.75. The number of nitrogens with one attached hydrogen (secondary N) is 2. The lowest BCUT2D eigenvalue weighted by atomic mass is 9.93. The van der Waals surface area contributed by atoms with Gasteiger partial charge in [0.1, 0.15) is 23.4 Å². The second-order valence-electron chi connectivity index (χ2n) is 14.2. The molecule has 3 unspecified atom stereocenters. The maximum Gasteiger partial charge on any atom is 0.408 e. The molecule has 0 fully saturated rings. The lowest BCUT2D eigenvalue weighted by Crippen LogP contribution is -2.57. The topological polar surface area (TPSA) is 108 Å². The number of phenolic OH excluding ortho intramolecular Hbond substituents is 1. The summed E-state index contributed by atoms with van der Waals surface area (Å²) in [6.07, 6.45) is 0.951. The minimum absolute atomic E-state index is 0.101. The summed E-state index contributed by atoms with van der Waals surface area (Å²) in [5.74, 6) is -0.175. The van der Waals surface area contributed by atoms with E-state index in [0.717, 1.165) is 23.1 Å². The summed E-state index contributed by atoms with van der Waals surface area (Å²) in [6, 6.07) is 10.2. The Labute approximate surface area is 258 Å². The van der Waals surface area contributed by atoms with E-state index < -0.39 is 29.3 Å². The quantitative estimate of drug-likeness (QED) is 0.266. The fourth-order valence-corrected chi connectivity index (χ4v) is 5.05. The molecular weight excluding hydrogens is 542 g/mol. The summed E-state index contributed by atoms with van der Waals surface area (Å²) in [6.45, 7) is 21.2. The SMILES string of the molecule is Cc1cc(C)cc(C(C(=O)NC(C)(C)C)N(C(=O)C(Cc2ccc(O)cc2)NC(=O)OC(C)(C)C)C(C)CCC(C)C)c1. The number of aromatic hydroxyl groups is 1. The van der Waals surface area contributed by atoms with Crippen molar-refractivity contribution >= 4 is 17.9 Å². The second-order valence-corrected chi connectivity index (χ2v) is 14.2. The van der Waals surface area contributed by atoms with Crippen LogP contribution in [0.3, 0.4) is 0 Å². The van der Waals surface area contributed by atoms with E-state index in [-0.39, 0.29) is 30.0 Å². The number of carbonyl (C=O) groups is 3. The first kappa shape index (κ1) is 35.6. The molecule has 0 spiro atoms. The summed E-state index contributed by atoms with van der Waals surface area (Å²) < 4.78 is 5.54. The van der Waals surface area contributed by atoms with Crippen molar-refractivity contribution in [3.05, 3.63) is 64.7 Å². The molecule has 238 valence electrons. The van der Waals surface area contributed by atoms with Gasteiger partial charge in [0, 0.05) is 18.0 Å². The van der Waals surface area contributed by atoms with Crippen molar-refractivity contribution in [3.63, 3.8) is 0 Å². The summed E-state index contributed by atoms with van der Waals surface area (Å²) in [5, 5.41) is 15.7. The van der Waals surface area contributed by atoms with Gasteiger partial charge in [-0.3, -0.25) is 9.59 Å². The minimum Gasteiger partial charge on any atom is -0.508 e. The number of phenols is 1. The van der Waals surface area contributed by atoms with Crippen LogP contribution >= 0.6 is 0 Å². The molecule has 0 aliphatic carbocycles. The van der Waals surface area contributed by atoms with Gasteiger partial charge in [0.15, 0.2) is 0 Å². The molecular formula is C35H53N3O5. The van der Waals surface area contributed by atoms with Gasteiger partial charge in [0.2, 0.25) is 11.8 Å². The highest BCUT2D eigenvalue weighted by Gasteiger charge is 2.40. The number of rotatable bonds is 11. The summed E-state index contributed by atoms with van der Waals surface area (Å²) in [7, 11) is 0. The van der Waals surface area contributed by atoms with E-state index >= 15 is 0 Å². The molecule has 43 heavy (non-hydrogen) atoms. The molecule has 3 amide bonds. The fourth-order valence-electron chi connectivity index (χ4n) is 5.05. The van der Waals surface area contributed by atoms with Crippen molar-refractivity contribution in [1.29, 1.82) is 0 Å². The third-order valence-corrected chi connectivity index (χ3v) is 6.84. The average Bonchev–Trinajstić information content (AvgIpc) is 2.83. The predicted molar refractivity (Wildman–Crippen MR) is 172 cm³/mol. The molecule has 3 N–H and O–H groups in total. The zero-order valence-electron chi connectivity index (χ0n) is 28.0. The highest BCUT2D eigenvalue weighted by atomic mass is 16.6. The molecule has 0 aliphatic heterocycles. The van der Waals surface area contributed by atoms with E-state index in [1.807, 2.05) is 59.7 Å². The Kier molecular flexibility index (Phi) is 12.2. The molecule has 0 saturated carbocycles. The van der Waals surface area contributed by atoms with Crippen molar-refractivity contribution in [2.24, 2.45) is 5.92 Å². The van der Waals surface area contributed by atoms with E-state index in [0.29, 0.717) is 17.9 Å². The number of benzene rings is 2. The van der Waals surface area contributed by atoms with Crippen LogP contribution in [0.1, 0.15) is 103 Å². The van der Waals surface area contributed by atoms with Gasteiger partial charge in [-0.15, -0.1) is 0 Å². The van der Waals surface area contributed by atoms with Crippen LogP contribution in [-0.4, -0.2) is 51.1 Å². The lowest BCUT2D eigenvalue weighted by molar-refractivity contribution is -0.145. The Morgan fingerprint density at radius 2 is 1.44 bits per heavy atom. The molecule has 0 aromatic heterocycles. The molecule has 2 aromatic rings. The monoisotopic (exact) mass is 595 g/mol. The van der Waals surface area contributed by atoms with Gasteiger partial charge in [-0.25, -0.2) is 4.79 Å². The van der Waals surface area contributed by atoms with Crippen LogP contribution in [0, 0.1) is 19.8 Å². The zero-order chi connectivity index (χ0) is 32.7. The van der Waals surface area contributed by atoms with Crippen molar-refractivity contribution < 1.29 is 24.2 Å². The van der Waals surface area contributed by atoms with Crippen LogP contribution in [0.5, 0.6) is 5.75 Å². The molecule has 0 aliphatic rings. The van der Waals surface area contributed by atoms with Crippen molar-refractivity contribution in [3.8, 4) is 5.75 Å². The van der Waals surface area contributed by atoms with Gasteiger partial charge in [-0.2, -0.15) is 0 Å². The fraction of sp³-hybridized carbons (Fsp3) is 0.571. The highest BCUT2D eigenvalue weighted by Crippen LogP contribution is 2.30. The third-order valence-electron chi connectivity index (χ3n) is 6.84. The number of hydrogen-bond donors (Lipinski definition) is 3. The van der Waals surface area contributed by atoms with Gasteiger partial charge in [-0.05, 0) is 104 Å². The second kappa shape index (κ2) is 14.8. The lowest BCUT2D eigenvalue weighted by Gasteiger charge is -2.40. The zero-order valence-corrected chi connectivity index (χ0v) is 28.0. The molecule has 2 aromatic carbocycles. The number of carbonyl (C=O) groups excluding carboxylic acids is 3. The van der Waals surface area contributed by atoms with Crippen LogP contribution in [0.2, 0.25) is 0 Å². The molecule has 8 heteroatoms. The number of aryl methyl sites for hydroxylation is 2. The number of hydrogen-bond acceptors (Lipinski definition) is 5.